The van der Waals surface area contributed by atoms with Crippen molar-refractivity contribution in [2.45, 2.75) is 32.1 Å². The molecule has 0 amide bonds. The van der Waals surface area contributed by atoms with E-state index in [4.69, 9.17) is 0 Å². The van der Waals surface area contributed by atoms with Crippen LogP contribution in [-0.4, -0.2) is 32.2 Å². The Kier molecular flexibility index (Phi) is 4.76. The van der Waals surface area contributed by atoms with Crippen molar-refractivity contribution in [1.29, 1.82) is 0 Å². The molecule has 2 aliphatic rings. The van der Waals surface area contributed by atoms with E-state index >= 15 is 0 Å². The van der Waals surface area contributed by atoms with Crippen molar-refractivity contribution < 1.29 is 13.2 Å². The molecule has 144 valence electrons. The summed E-state index contributed by atoms with van der Waals surface area (Å²) < 4.78 is 40.8. The molecule has 4 rings (SSSR count). The first-order valence-corrected chi connectivity index (χ1v) is 9.44. The monoisotopic (exact) mass is 375 g/mol. The van der Waals surface area contributed by atoms with Crippen molar-refractivity contribution in [3.8, 4) is 0 Å². The summed E-state index contributed by atoms with van der Waals surface area (Å²) in [6.07, 6.45) is -3.90. The van der Waals surface area contributed by atoms with Crippen LogP contribution in [-0.2, 0) is 19.1 Å². The van der Waals surface area contributed by atoms with Crippen LogP contribution < -0.4 is 15.1 Å². The first-order chi connectivity index (χ1) is 12.9. The van der Waals surface area contributed by atoms with Crippen LogP contribution >= 0.6 is 0 Å². The lowest BCUT2D eigenvalue weighted by Gasteiger charge is -2.39. The van der Waals surface area contributed by atoms with Gasteiger partial charge < -0.3 is 15.1 Å². The summed E-state index contributed by atoms with van der Waals surface area (Å²) in [5, 5.41) is 3.40. The van der Waals surface area contributed by atoms with E-state index in [0.717, 1.165) is 36.6 Å². The van der Waals surface area contributed by atoms with E-state index in [0.29, 0.717) is 31.1 Å². The average molecular weight is 375 g/mol. The molecular formula is C21H24F3N3. The number of nitrogens with zero attached hydrogens (tertiary/aromatic N) is 2. The second-order valence-electron chi connectivity index (χ2n) is 7.40. The first-order valence-electron chi connectivity index (χ1n) is 9.44. The van der Waals surface area contributed by atoms with Gasteiger partial charge in [0.15, 0.2) is 0 Å². The van der Waals surface area contributed by atoms with Crippen molar-refractivity contribution in [2.75, 3.05) is 36.0 Å². The summed E-state index contributed by atoms with van der Waals surface area (Å²) in [6.45, 7) is 5.69. The van der Waals surface area contributed by atoms with Gasteiger partial charge in [-0.25, -0.2) is 0 Å². The van der Waals surface area contributed by atoms with E-state index in [2.05, 4.69) is 22.0 Å². The number of fused-ring (bicyclic) bond motifs is 1. The number of para-hydroxylation sites is 1. The molecule has 3 nitrogen and oxygen atoms in total. The molecule has 6 heteroatoms. The summed E-state index contributed by atoms with van der Waals surface area (Å²) in [6, 6.07) is 13.2. The van der Waals surface area contributed by atoms with Gasteiger partial charge in [0.2, 0.25) is 0 Å². The quantitative estimate of drug-likeness (QED) is 0.854. The van der Waals surface area contributed by atoms with E-state index in [-0.39, 0.29) is 0 Å². The Balaban J connectivity index is 1.76. The fourth-order valence-electron chi connectivity index (χ4n) is 4.23. The highest BCUT2D eigenvalue weighted by atomic mass is 19.4. The number of rotatable bonds is 2. The molecule has 1 fully saturated rings. The molecule has 2 aliphatic heterocycles. The summed E-state index contributed by atoms with van der Waals surface area (Å²) in [4.78, 5) is 4.41. The molecule has 2 heterocycles. The number of benzene rings is 2. The summed E-state index contributed by atoms with van der Waals surface area (Å²) in [5.41, 5.74) is 2.83. The zero-order valence-corrected chi connectivity index (χ0v) is 15.4. The topological polar surface area (TPSA) is 18.5 Å². The lowest BCUT2D eigenvalue weighted by Crippen LogP contribution is -2.50. The van der Waals surface area contributed by atoms with Gasteiger partial charge in [-0.2, -0.15) is 13.2 Å². The molecule has 0 radical (unpaired) electrons. The van der Waals surface area contributed by atoms with Crippen molar-refractivity contribution in [3.63, 3.8) is 0 Å². The molecule has 1 N–H and O–H groups in total. The van der Waals surface area contributed by atoms with Crippen LogP contribution in [0.1, 0.15) is 23.6 Å². The Hall–Kier alpha value is -2.21. The van der Waals surface area contributed by atoms with Gasteiger partial charge in [0.1, 0.15) is 0 Å². The Morgan fingerprint density at radius 3 is 2.44 bits per heavy atom. The van der Waals surface area contributed by atoms with Crippen LogP contribution in [0.5, 0.6) is 0 Å². The lowest BCUT2D eigenvalue weighted by molar-refractivity contribution is -0.138. The summed E-state index contributed by atoms with van der Waals surface area (Å²) >= 11 is 0. The van der Waals surface area contributed by atoms with Crippen molar-refractivity contribution in [1.82, 2.24) is 5.32 Å². The molecule has 1 saturated heterocycles. The van der Waals surface area contributed by atoms with Gasteiger partial charge in [0.05, 0.1) is 5.56 Å². The van der Waals surface area contributed by atoms with Gasteiger partial charge in [-0.3, -0.25) is 0 Å². The number of hydrogen-bond acceptors (Lipinski definition) is 3. The van der Waals surface area contributed by atoms with E-state index < -0.39 is 11.7 Å². The highest BCUT2D eigenvalue weighted by Crippen LogP contribution is 2.40. The largest absolute Gasteiger partial charge is 0.416 e. The second-order valence-corrected chi connectivity index (χ2v) is 7.40. The minimum absolute atomic E-state index is 0.325. The van der Waals surface area contributed by atoms with Gasteiger partial charge in [-0.15, -0.1) is 0 Å². The molecule has 0 spiro atoms. The SMILES string of the molecule is C[C@@H]1CN(c2ccc(C(F)(F)F)c3c2CN(c2ccccc2)CC3)CCN1. The maximum absolute atomic E-state index is 13.6. The molecule has 2 aromatic rings. The van der Waals surface area contributed by atoms with Gasteiger partial charge in [0.25, 0.3) is 0 Å². The fraction of sp³-hybridized carbons (Fsp3) is 0.429. The van der Waals surface area contributed by atoms with Gasteiger partial charge in [-0.05, 0) is 48.7 Å². The third kappa shape index (κ3) is 3.63. The first kappa shape index (κ1) is 18.2. The predicted molar refractivity (Wildman–Crippen MR) is 102 cm³/mol. The van der Waals surface area contributed by atoms with Crippen molar-refractivity contribution >= 4 is 11.4 Å². The van der Waals surface area contributed by atoms with Crippen LogP contribution in [0.4, 0.5) is 24.5 Å². The van der Waals surface area contributed by atoms with E-state index in [1.807, 2.05) is 30.3 Å². The zero-order chi connectivity index (χ0) is 19.0. The number of alkyl halides is 3. The van der Waals surface area contributed by atoms with Crippen LogP contribution in [0.2, 0.25) is 0 Å². The van der Waals surface area contributed by atoms with Gasteiger partial charge >= 0.3 is 6.18 Å². The Morgan fingerprint density at radius 2 is 1.74 bits per heavy atom. The lowest BCUT2D eigenvalue weighted by atomic mass is 9.91. The third-order valence-electron chi connectivity index (χ3n) is 5.52. The number of piperazine rings is 1. The van der Waals surface area contributed by atoms with Gasteiger partial charge in [0, 0.05) is 50.1 Å². The number of halogens is 3. The van der Waals surface area contributed by atoms with Crippen LogP contribution in [0.3, 0.4) is 0 Å². The predicted octanol–water partition coefficient (Wildman–Crippen LogP) is 4.07. The average Bonchev–Trinajstić information content (AvgIpc) is 2.66. The molecule has 1 atom stereocenters. The number of nitrogens with one attached hydrogen (secondary N) is 1. The second kappa shape index (κ2) is 7.08. The van der Waals surface area contributed by atoms with Crippen molar-refractivity contribution in [2.24, 2.45) is 0 Å². The molecular weight excluding hydrogens is 351 g/mol. The smallest absolute Gasteiger partial charge is 0.368 e. The molecule has 0 bridgehead atoms. The molecule has 2 aromatic carbocycles. The van der Waals surface area contributed by atoms with Crippen molar-refractivity contribution in [3.05, 3.63) is 59.2 Å². The molecule has 0 unspecified atom stereocenters. The Morgan fingerprint density at radius 1 is 0.963 bits per heavy atom. The minimum Gasteiger partial charge on any atom is -0.368 e. The maximum atomic E-state index is 13.6. The highest BCUT2D eigenvalue weighted by molar-refractivity contribution is 5.63. The molecule has 27 heavy (non-hydrogen) atoms. The fourth-order valence-corrected chi connectivity index (χ4v) is 4.23. The van der Waals surface area contributed by atoms with Crippen LogP contribution in [0, 0.1) is 0 Å². The maximum Gasteiger partial charge on any atom is 0.416 e. The van der Waals surface area contributed by atoms with E-state index in [9.17, 15) is 13.2 Å². The van der Waals surface area contributed by atoms with Crippen LogP contribution in [0.25, 0.3) is 0 Å². The Bertz CT molecular complexity index is 804. The van der Waals surface area contributed by atoms with Gasteiger partial charge in [-0.1, -0.05) is 18.2 Å². The minimum atomic E-state index is -4.31. The van der Waals surface area contributed by atoms with E-state index in [1.165, 1.54) is 6.07 Å². The highest BCUT2D eigenvalue weighted by Gasteiger charge is 2.37. The summed E-state index contributed by atoms with van der Waals surface area (Å²) in [7, 11) is 0. The number of hydrogen-bond donors (Lipinski definition) is 1. The molecule has 0 aromatic heterocycles. The molecule has 0 aliphatic carbocycles. The van der Waals surface area contributed by atoms with Crippen LogP contribution in [0.15, 0.2) is 42.5 Å². The standard InChI is InChI=1S/C21H24F3N3/c1-15-13-27(12-10-25-15)20-8-7-19(21(22,23)24)17-9-11-26(14-18(17)20)16-5-3-2-4-6-16/h2-8,15,25H,9-14H2,1H3/t15-/m1/s1. The third-order valence-corrected chi connectivity index (χ3v) is 5.52. The zero-order valence-electron chi connectivity index (χ0n) is 15.4. The van der Waals surface area contributed by atoms with E-state index in [1.54, 1.807) is 6.07 Å². The summed E-state index contributed by atoms with van der Waals surface area (Å²) in [5.74, 6) is 0. The normalized spacial score (nSPS) is 20.5. The molecule has 0 saturated carbocycles. The Labute approximate surface area is 157 Å². The number of anilines is 2.